The van der Waals surface area contributed by atoms with Gasteiger partial charge in [-0.05, 0) is 61.3 Å². The number of allylic oxidation sites excluding steroid dienone is 12. The smallest absolute Gasteiger partial charge is 0.166 e. The van der Waals surface area contributed by atoms with Gasteiger partial charge in [-0.2, -0.15) is 0 Å². The van der Waals surface area contributed by atoms with Crippen LogP contribution in [0.4, 0.5) is 17.6 Å². The SMILES string of the molecule is C=C(/C=C\C(=C)C(=C)/C(F)=C(/F)C(=C)C(C)CCC(C)OCCC)C(=C)/C(F)=C(/F)C(=C)C. The normalized spacial score (nSPS) is 14.8. The minimum absolute atomic E-state index is 0.0170. The molecule has 0 aliphatic rings. The van der Waals surface area contributed by atoms with Crippen molar-refractivity contribution in [2.45, 2.75) is 53.1 Å². The van der Waals surface area contributed by atoms with Crippen molar-refractivity contribution in [1.82, 2.24) is 0 Å². The predicted molar refractivity (Wildman–Crippen MR) is 132 cm³/mol. The Morgan fingerprint density at radius 2 is 1.21 bits per heavy atom. The van der Waals surface area contributed by atoms with Crippen molar-refractivity contribution in [3.63, 3.8) is 0 Å². The Bertz CT molecular complexity index is 899. The van der Waals surface area contributed by atoms with Crippen LogP contribution in [0.2, 0.25) is 0 Å². The largest absolute Gasteiger partial charge is 0.379 e. The summed E-state index contributed by atoms with van der Waals surface area (Å²) in [5.74, 6) is -4.90. The first-order valence-corrected chi connectivity index (χ1v) is 10.8. The van der Waals surface area contributed by atoms with E-state index in [4.69, 9.17) is 4.74 Å². The van der Waals surface area contributed by atoms with Crippen LogP contribution in [-0.2, 0) is 4.74 Å². The molecule has 0 aliphatic heterocycles. The van der Waals surface area contributed by atoms with Gasteiger partial charge < -0.3 is 4.74 Å². The molecule has 0 aromatic rings. The second kappa shape index (κ2) is 14.5. The minimum atomic E-state index is -1.20. The third-order valence-corrected chi connectivity index (χ3v) is 5.04. The first-order chi connectivity index (χ1) is 15.3. The highest BCUT2D eigenvalue weighted by Gasteiger charge is 2.19. The van der Waals surface area contributed by atoms with E-state index in [1.54, 1.807) is 6.92 Å². The van der Waals surface area contributed by atoms with Crippen LogP contribution in [-0.4, -0.2) is 12.7 Å². The molecule has 0 rings (SSSR count). The molecule has 0 heterocycles. The van der Waals surface area contributed by atoms with Gasteiger partial charge >= 0.3 is 0 Å². The van der Waals surface area contributed by atoms with Gasteiger partial charge in [0.25, 0.3) is 0 Å². The van der Waals surface area contributed by atoms with Crippen molar-refractivity contribution in [2.24, 2.45) is 5.92 Å². The van der Waals surface area contributed by atoms with Crippen LogP contribution >= 0.6 is 0 Å². The van der Waals surface area contributed by atoms with E-state index < -0.39 is 23.3 Å². The summed E-state index contributed by atoms with van der Waals surface area (Å²) in [5, 5.41) is 0. The lowest BCUT2D eigenvalue weighted by atomic mass is 9.93. The lowest BCUT2D eigenvalue weighted by Gasteiger charge is -2.18. The van der Waals surface area contributed by atoms with Crippen LogP contribution in [0, 0.1) is 5.92 Å². The summed E-state index contributed by atoms with van der Waals surface area (Å²) < 4.78 is 62.7. The number of ether oxygens (including phenoxy) is 1. The second-order valence-electron chi connectivity index (χ2n) is 8.06. The summed E-state index contributed by atoms with van der Waals surface area (Å²) in [5.41, 5.74) is -0.605. The number of halogens is 4. The van der Waals surface area contributed by atoms with Crippen molar-refractivity contribution in [3.8, 4) is 0 Å². The van der Waals surface area contributed by atoms with Gasteiger partial charge in [0.2, 0.25) is 0 Å². The van der Waals surface area contributed by atoms with Gasteiger partial charge in [0, 0.05) is 17.8 Å². The van der Waals surface area contributed by atoms with Crippen LogP contribution in [0.15, 0.2) is 108 Å². The fraction of sp³-hybridized carbons (Fsp3) is 0.357. The highest BCUT2D eigenvalue weighted by molar-refractivity contribution is 5.54. The monoisotopic (exact) mass is 464 g/mol. The van der Waals surface area contributed by atoms with E-state index >= 15 is 0 Å². The van der Waals surface area contributed by atoms with Gasteiger partial charge in [-0.25, -0.2) is 17.6 Å². The number of rotatable bonds is 15. The molecule has 0 aliphatic carbocycles. The van der Waals surface area contributed by atoms with E-state index in [9.17, 15) is 17.6 Å². The number of hydrogen-bond acceptors (Lipinski definition) is 1. The Labute approximate surface area is 196 Å². The fourth-order valence-corrected chi connectivity index (χ4v) is 2.56. The van der Waals surface area contributed by atoms with Gasteiger partial charge in [0.1, 0.15) is 0 Å². The van der Waals surface area contributed by atoms with Crippen LogP contribution < -0.4 is 0 Å². The molecule has 33 heavy (non-hydrogen) atoms. The molecular formula is C28H36F4O. The third kappa shape index (κ3) is 9.79. The maximum atomic E-state index is 14.7. The fourth-order valence-electron chi connectivity index (χ4n) is 2.56. The summed E-state index contributed by atoms with van der Waals surface area (Å²) in [7, 11) is 0. The van der Waals surface area contributed by atoms with Gasteiger partial charge in [-0.3, -0.25) is 0 Å². The zero-order valence-electron chi connectivity index (χ0n) is 20.3. The van der Waals surface area contributed by atoms with Gasteiger partial charge in [0.15, 0.2) is 23.3 Å². The maximum Gasteiger partial charge on any atom is 0.166 e. The van der Waals surface area contributed by atoms with E-state index in [1.807, 2.05) is 13.8 Å². The van der Waals surface area contributed by atoms with Gasteiger partial charge in [0.05, 0.1) is 6.10 Å². The Hall–Kier alpha value is -2.66. The zero-order valence-corrected chi connectivity index (χ0v) is 20.3. The van der Waals surface area contributed by atoms with Crippen molar-refractivity contribution in [3.05, 3.63) is 108 Å². The van der Waals surface area contributed by atoms with E-state index in [0.29, 0.717) is 19.4 Å². The maximum absolute atomic E-state index is 14.7. The Balaban J connectivity index is 5.23. The first-order valence-electron chi connectivity index (χ1n) is 10.8. The predicted octanol–water partition coefficient (Wildman–Crippen LogP) is 9.43. The molecule has 1 nitrogen and oxygen atoms in total. The molecule has 0 aromatic heterocycles. The first kappa shape index (κ1) is 30.3. The van der Waals surface area contributed by atoms with Crippen LogP contribution in [0.3, 0.4) is 0 Å². The molecule has 0 fully saturated rings. The summed E-state index contributed by atoms with van der Waals surface area (Å²) in [4.78, 5) is 0. The molecule has 182 valence electrons. The summed E-state index contributed by atoms with van der Waals surface area (Å²) in [6.45, 7) is 28.9. The molecule has 0 spiro atoms. The number of hydrogen-bond donors (Lipinski definition) is 0. The summed E-state index contributed by atoms with van der Waals surface area (Å²) in [6.07, 6.45) is 4.74. The molecule has 2 unspecified atom stereocenters. The van der Waals surface area contributed by atoms with Gasteiger partial charge in [-0.15, -0.1) is 0 Å². The molecule has 0 saturated heterocycles. The molecule has 0 aromatic carbocycles. The molecule has 0 amide bonds. The van der Waals surface area contributed by atoms with Crippen LogP contribution in [0.25, 0.3) is 0 Å². The van der Waals surface area contributed by atoms with E-state index in [-0.39, 0.29) is 45.5 Å². The molecule has 5 heteroatoms. The topological polar surface area (TPSA) is 9.23 Å². The molecule has 0 bridgehead atoms. The molecule has 0 saturated carbocycles. The van der Waals surface area contributed by atoms with Crippen molar-refractivity contribution >= 4 is 0 Å². The van der Waals surface area contributed by atoms with Crippen molar-refractivity contribution in [2.75, 3.05) is 6.61 Å². The summed E-state index contributed by atoms with van der Waals surface area (Å²) in [6, 6.07) is 0. The lowest BCUT2D eigenvalue weighted by molar-refractivity contribution is 0.0575. The van der Waals surface area contributed by atoms with E-state index in [1.165, 1.54) is 19.1 Å². The average molecular weight is 465 g/mol. The zero-order chi connectivity index (χ0) is 25.9. The molecular weight excluding hydrogens is 428 g/mol. The average Bonchev–Trinajstić information content (AvgIpc) is 2.80. The quantitative estimate of drug-likeness (QED) is 0.173. The summed E-state index contributed by atoms with van der Waals surface area (Å²) >= 11 is 0. The van der Waals surface area contributed by atoms with E-state index in [0.717, 1.165) is 6.42 Å². The van der Waals surface area contributed by atoms with Crippen molar-refractivity contribution < 1.29 is 22.3 Å². The standard InChI is InChI=1S/C28H36F4O/c1-11-16-33-21(7)15-14-20(6)24(10)28(32)27(31)23(9)19(5)13-12-18(4)22(8)26(30)25(29)17(2)3/h12-13,20-21H,2,4-5,8-11,14-16H2,1,3,6-7H3/b13-12-,26-25-,28-27-. The van der Waals surface area contributed by atoms with Gasteiger partial charge in [-0.1, -0.05) is 65.5 Å². The van der Waals surface area contributed by atoms with Crippen LogP contribution in [0.5, 0.6) is 0 Å². The Morgan fingerprint density at radius 1 is 0.758 bits per heavy atom. The highest BCUT2D eigenvalue weighted by atomic mass is 19.2. The second-order valence-corrected chi connectivity index (χ2v) is 8.06. The molecule has 0 N–H and O–H groups in total. The molecule has 0 radical (unpaired) electrons. The Kier molecular flexibility index (Phi) is 13.3. The van der Waals surface area contributed by atoms with E-state index in [2.05, 4.69) is 39.5 Å². The minimum Gasteiger partial charge on any atom is -0.379 e. The third-order valence-electron chi connectivity index (χ3n) is 5.04. The van der Waals surface area contributed by atoms with Crippen LogP contribution in [0.1, 0.15) is 47.0 Å². The highest BCUT2D eigenvalue weighted by Crippen LogP contribution is 2.32. The van der Waals surface area contributed by atoms with Crippen molar-refractivity contribution in [1.29, 1.82) is 0 Å². The molecule has 2 atom stereocenters. The Morgan fingerprint density at radius 3 is 1.64 bits per heavy atom. The lowest BCUT2D eigenvalue weighted by Crippen LogP contribution is -2.11.